The molecule has 0 unspecified atom stereocenters. The fourth-order valence-electron chi connectivity index (χ4n) is 0.677. The summed E-state index contributed by atoms with van der Waals surface area (Å²) in [5, 5.41) is 1.36. The van der Waals surface area contributed by atoms with Crippen molar-refractivity contribution >= 4 is 17.7 Å². The van der Waals surface area contributed by atoms with Gasteiger partial charge in [-0.15, -0.1) is 0 Å². The van der Waals surface area contributed by atoms with Crippen LogP contribution in [0.15, 0.2) is 0 Å². The molecule has 0 radical (unpaired) electrons. The van der Waals surface area contributed by atoms with Gasteiger partial charge in [-0.2, -0.15) is 0 Å². The Morgan fingerprint density at radius 2 is 1.86 bits per heavy atom. The van der Waals surface area contributed by atoms with Crippen LogP contribution in [0.25, 0.3) is 0 Å². The van der Waals surface area contributed by atoms with E-state index in [9.17, 15) is 0 Å². The van der Waals surface area contributed by atoms with Crippen LogP contribution in [0.1, 0.15) is 32.6 Å². The van der Waals surface area contributed by atoms with E-state index in [4.69, 9.17) is 0 Å². The van der Waals surface area contributed by atoms with Gasteiger partial charge in [0.05, 0.1) is 0 Å². The topological polar surface area (TPSA) is 0 Å². The first-order chi connectivity index (χ1) is 3.41. The van der Waals surface area contributed by atoms with Crippen LogP contribution in [0.3, 0.4) is 0 Å². The van der Waals surface area contributed by atoms with E-state index in [-0.39, 0.29) is 0 Å². The van der Waals surface area contributed by atoms with Gasteiger partial charge in [0, 0.05) is 0 Å². The first-order valence-electron chi connectivity index (χ1n) is 3.41. The van der Waals surface area contributed by atoms with Crippen LogP contribution in [0.5, 0.6) is 0 Å². The second-order valence-corrected chi connectivity index (χ2v) is 2.06. The third kappa shape index (κ3) is 6.60. The molecule has 0 heterocycles. The van der Waals surface area contributed by atoms with Crippen molar-refractivity contribution in [1.82, 2.24) is 0 Å². The van der Waals surface area contributed by atoms with Crippen molar-refractivity contribution in [2.45, 2.75) is 37.7 Å². The van der Waals surface area contributed by atoms with Gasteiger partial charge in [0.25, 0.3) is 0 Å². The molecule has 0 nitrogen and oxygen atoms in total. The quantitative estimate of drug-likeness (QED) is 0.405. The van der Waals surface area contributed by atoms with Gasteiger partial charge in [-0.05, 0) is 0 Å². The predicted octanol–water partition coefficient (Wildman–Crippen LogP) is 2.15. The molecule has 0 fully saturated rings. The third-order valence-electron chi connectivity index (χ3n) is 1.21. The number of rotatable bonds is 4. The molecule has 0 saturated heterocycles. The molecule has 0 aromatic carbocycles. The second-order valence-electron chi connectivity index (χ2n) is 2.06. The summed E-state index contributed by atoms with van der Waals surface area (Å²) in [5.74, 6) is 0. The predicted molar refractivity (Wildman–Crippen MR) is 34.7 cm³/mol. The van der Waals surface area contributed by atoms with Gasteiger partial charge in [-0.1, -0.05) is 0 Å². The van der Waals surface area contributed by atoms with Gasteiger partial charge >= 0.3 is 55.4 Å². The molecule has 0 aliphatic heterocycles. The summed E-state index contributed by atoms with van der Waals surface area (Å²) in [4.78, 5) is 0. The van der Waals surface area contributed by atoms with E-state index in [0.717, 1.165) is 0 Å². The Morgan fingerprint density at radius 3 is 2.29 bits per heavy atom. The number of hydrogen-bond acceptors (Lipinski definition) is 0. The van der Waals surface area contributed by atoms with Gasteiger partial charge in [0.15, 0.2) is 0 Å². The molecular weight excluding hydrogens is 118 g/mol. The first kappa shape index (κ1) is 7.60. The Balaban J connectivity index is 2.45. The third-order valence-corrected chi connectivity index (χ3v) is 1.21. The Bertz CT molecular complexity index is 23.4. The van der Waals surface area contributed by atoms with E-state index in [1.54, 1.807) is 0 Å². The second kappa shape index (κ2) is 6.60. The Morgan fingerprint density at radius 1 is 1.14 bits per heavy atom. The zero-order valence-corrected chi connectivity index (χ0v) is 5.54. The zero-order valence-electron chi connectivity index (χ0n) is 5.54. The van der Waals surface area contributed by atoms with Crippen LogP contribution in [0.2, 0.25) is 5.09 Å². The van der Waals surface area contributed by atoms with Crippen molar-refractivity contribution in [1.29, 1.82) is 0 Å². The Kier molecular flexibility index (Phi) is 7.16. The molecule has 0 aliphatic rings. The summed E-state index contributed by atoms with van der Waals surface area (Å²) in [6.07, 6.45) is 5.65. The van der Waals surface area contributed by atoms with Crippen molar-refractivity contribution in [3.63, 3.8) is 0 Å². The van der Waals surface area contributed by atoms with Crippen LogP contribution in [-0.4, -0.2) is 17.7 Å². The Hall–Kier alpha value is 0.597. The average molecular weight is 131 g/mol. The first-order valence-corrected chi connectivity index (χ1v) is 3.41. The van der Waals surface area contributed by atoms with Crippen LogP contribution in [-0.2, 0) is 0 Å². The summed E-state index contributed by atoms with van der Waals surface area (Å²) in [6, 6.07) is 0. The summed E-state index contributed by atoms with van der Waals surface area (Å²) in [7, 11) is 0. The normalized spacial score (nSPS) is 9.57. The van der Waals surface area contributed by atoms with Crippen LogP contribution in [0, 0.1) is 0 Å². The van der Waals surface area contributed by atoms with Crippen molar-refractivity contribution in [3.8, 4) is 0 Å². The molecule has 1 heteroatoms. The van der Waals surface area contributed by atoms with Gasteiger partial charge in [-0.25, -0.2) is 0 Å². The molecule has 0 saturated carbocycles. The van der Waals surface area contributed by atoms with Crippen molar-refractivity contribution < 1.29 is 0 Å². The van der Waals surface area contributed by atoms with E-state index in [2.05, 4.69) is 24.6 Å². The molecule has 0 aliphatic carbocycles. The van der Waals surface area contributed by atoms with E-state index in [1.807, 2.05) is 0 Å². The van der Waals surface area contributed by atoms with Crippen molar-refractivity contribution in [3.05, 3.63) is 0 Å². The molecule has 0 amide bonds. The maximum atomic E-state index is 2.25. The van der Waals surface area contributed by atoms with Crippen molar-refractivity contribution in [2.24, 2.45) is 0 Å². The standard InChI is InChI=1S/C6H13.Li/c1-3-5-6-4-2;/h1,3-6H2,2H3;/i;1+39. The average Bonchev–Trinajstić information content (AvgIpc) is 1.69. The molecule has 0 aromatic heterocycles. The van der Waals surface area contributed by atoms with Gasteiger partial charge < -0.3 is 0 Å². The van der Waals surface area contributed by atoms with Crippen LogP contribution < -0.4 is 0 Å². The minimum atomic E-state index is 1.36. The van der Waals surface area contributed by atoms with E-state index in [0.29, 0.717) is 0 Å². The van der Waals surface area contributed by atoms with E-state index in [1.165, 1.54) is 30.8 Å². The molecule has 0 rings (SSSR count). The fourth-order valence-corrected chi connectivity index (χ4v) is 0.677. The fraction of sp³-hybridized carbons (Fsp3) is 1.00. The molecule has 0 spiro atoms. The summed E-state index contributed by atoms with van der Waals surface area (Å²) >= 11 is 2.25. The van der Waals surface area contributed by atoms with E-state index >= 15 is 0 Å². The zero-order chi connectivity index (χ0) is 5.54. The van der Waals surface area contributed by atoms with E-state index < -0.39 is 0 Å². The van der Waals surface area contributed by atoms with Gasteiger partial charge in [0.2, 0.25) is 0 Å². The summed E-state index contributed by atoms with van der Waals surface area (Å²) in [5.41, 5.74) is 0. The molecule has 0 bridgehead atoms. The molecular formula is C6H13Li. The molecule has 38 valence electrons. The van der Waals surface area contributed by atoms with Crippen molar-refractivity contribution in [2.75, 3.05) is 0 Å². The minimum absolute atomic E-state index is 1.36. The van der Waals surface area contributed by atoms with Crippen LogP contribution >= 0.6 is 0 Å². The van der Waals surface area contributed by atoms with Gasteiger partial charge in [0.1, 0.15) is 0 Å². The SMILES string of the molecule is [46Li][CH2]CCCCC. The number of hydrogen-bond donors (Lipinski definition) is 0. The maximum absolute atomic E-state index is 2.25. The summed E-state index contributed by atoms with van der Waals surface area (Å²) in [6.45, 7) is 2.25. The molecule has 0 atom stereocenters. The van der Waals surface area contributed by atoms with Crippen LogP contribution in [0.4, 0.5) is 0 Å². The monoisotopic (exact) mass is 131 g/mol. The molecule has 0 aromatic rings. The Labute approximate surface area is 55.9 Å². The van der Waals surface area contributed by atoms with Gasteiger partial charge in [-0.3, -0.25) is 0 Å². The number of unbranched alkanes of at least 4 members (excludes halogenated alkanes) is 3. The molecule has 7 heavy (non-hydrogen) atoms. The summed E-state index contributed by atoms with van der Waals surface area (Å²) < 4.78 is 0. The molecule has 0 N–H and O–H groups in total.